The van der Waals surface area contributed by atoms with Crippen molar-refractivity contribution in [1.82, 2.24) is 10.3 Å². The minimum atomic E-state index is -0.561. The van der Waals surface area contributed by atoms with E-state index in [1.54, 1.807) is 12.4 Å². The van der Waals surface area contributed by atoms with Crippen molar-refractivity contribution in [3.05, 3.63) is 63.9 Å². The molecular weight excluding hydrogens is 302 g/mol. The molecule has 0 radical (unpaired) electrons. The summed E-state index contributed by atoms with van der Waals surface area (Å²) in [6, 6.07) is 6.31. The van der Waals surface area contributed by atoms with Crippen molar-refractivity contribution >= 4 is 15.9 Å². The predicted molar refractivity (Wildman–Crippen MR) is 68.8 cm³/mol. The molecule has 2 aromatic rings. The molecule has 0 fully saturated rings. The van der Waals surface area contributed by atoms with Crippen LogP contribution in [0.3, 0.4) is 0 Å². The molecule has 0 bridgehead atoms. The van der Waals surface area contributed by atoms with Crippen LogP contribution in [0, 0.1) is 11.6 Å². The number of hydrogen-bond donors (Lipinski definition) is 1. The van der Waals surface area contributed by atoms with Crippen LogP contribution < -0.4 is 5.32 Å². The number of nitrogens with one attached hydrogen (secondary N) is 1. The van der Waals surface area contributed by atoms with Crippen molar-refractivity contribution in [1.29, 1.82) is 0 Å². The van der Waals surface area contributed by atoms with Crippen LogP contribution in [-0.2, 0) is 13.1 Å². The molecule has 2 rings (SSSR count). The average molecular weight is 313 g/mol. The van der Waals surface area contributed by atoms with Gasteiger partial charge < -0.3 is 5.32 Å². The van der Waals surface area contributed by atoms with Gasteiger partial charge in [0.1, 0.15) is 11.6 Å². The average Bonchev–Trinajstić information content (AvgIpc) is 2.39. The van der Waals surface area contributed by atoms with Gasteiger partial charge in [0.25, 0.3) is 0 Å². The largest absolute Gasteiger partial charge is 0.308 e. The van der Waals surface area contributed by atoms with Crippen LogP contribution in [0.4, 0.5) is 8.78 Å². The molecule has 0 atom stereocenters. The van der Waals surface area contributed by atoms with Gasteiger partial charge in [0.05, 0.1) is 4.47 Å². The highest BCUT2D eigenvalue weighted by atomic mass is 79.9. The van der Waals surface area contributed by atoms with Crippen molar-refractivity contribution in [3.8, 4) is 0 Å². The van der Waals surface area contributed by atoms with Crippen LogP contribution in [0.5, 0.6) is 0 Å². The van der Waals surface area contributed by atoms with E-state index in [4.69, 9.17) is 0 Å². The van der Waals surface area contributed by atoms with Crippen molar-refractivity contribution in [3.63, 3.8) is 0 Å². The molecule has 1 N–H and O–H groups in total. The van der Waals surface area contributed by atoms with Crippen LogP contribution in [0.1, 0.15) is 11.1 Å². The Bertz CT molecular complexity index is 532. The summed E-state index contributed by atoms with van der Waals surface area (Å²) in [5.74, 6) is -1.11. The van der Waals surface area contributed by atoms with E-state index < -0.39 is 11.6 Å². The summed E-state index contributed by atoms with van der Waals surface area (Å²) in [7, 11) is 0. The second-order valence-electron chi connectivity index (χ2n) is 3.79. The van der Waals surface area contributed by atoms with Crippen LogP contribution in [0.2, 0.25) is 0 Å². The lowest BCUT2D eigenvalue weighted by Crippen LogP contribution is -2.15. The standard InChI is InChI=1S/C13H11BrF2N2/c14-11-3-4-12(15)10(13(11)16)8-18-7-9-2-1-5-17-6-9/h1-6,18H,7-8H2. The normalized spacial score (nSPS) is 10.6. The molecule has 1 heterocycles. The fraction of sp³-hybridized carbons (Fsp3) is 0.154. The van der Waals surface area contributed by atoms with Crippen LogP contribution >= 0.6 is 15.9 Å². The maximum atomic E-state index is 13.6. The first-order chi connectivity index (χ1) is 8.68. The van der Waals surface area contributed by atoms with E-state index in [0.29, 0.717) is 6.54 Å². The number of nitrogens with zero attached hydrogens (tertiary/aromatic N) is 1. The Hall–Kier alpha value is -1.33. The summed E-state index contributed by atoms with van der Waals surface area (Å²) in [6.07, 6.45) is 3.39. The summed E-state index contributed by atoms with van der Waals surface area (Å²) in [6.45, 7) is 0.644. The monoisotopic (exact) mass is 312 g/mol. The number of rotatable bonds is 4. The molecule has 0 saturated carbocycles. The number of hydrogen-bond acceptors (Lipinski definition) is 2. The van der Waals surface area contributed by atoms with E-state index >= 15 is 0 Å². The van der Waals surface area contributed by atoms with Crippen molar-refractivity contribution in [2.24, 2.45) is 0 Å². The zero-order valence-electron chi connectivity index (χ0n) is 9.46. The molecule has 2 nitrogen and oxygen atoms in total. The van der Waals surface area contributed by atoms with Gasteiger partial charge >= 0.3 is 0 Å². The topological polar surface area (TPSA) is 24.9 Å². The van der Waals surface area contributed by atoms with E-state index in [-0.39, 0.29) is 16.6 Å². The number of aromatic nitrogens is 1. The molecule has 18 heavy (non-hydrogen) atoms. The van der Waals surface area contributed by atoms with Gasteiger partial charge in [-0.25, -0.2) is 8.78 Å². The molecule has 1 aromatic heterocycles. The van der Waals surface area contributed by atoms with E-state index in [9.17, 15) is 8.78 Å². The third-order valence-electron chi connectivity index (χ3n) is 2.49. The minimum absolute atomic E-state index is 0.0354. The van der Waals surface area contributed by atoms with E-state index in [0.717, 1.165) is 5.56 Å². The Morgan fingerprint density at radius 1 is 1.17 bits per heavy atom. The van der Waals surface area contributed by atoms with Gasteiger partial charge in [-0.1, -0.05) is 6.07 Å². The van der Waals surface area contributed by atoms with Crippen molar-refractivity contribution in [2.75, 3.05) is 0 Å². The van der Waals surface area contributed by atoms with Gasteiger partial charge in [-0.2, -0.15) is 0 Å². The summed E-state index contributed by atoms with van der Waals surface area (Å²) >= 11 is 3.04. The predicted octanol–water partition coefficient (Wildman–Crippen LogP) is 3.41. The lowest BCUT2D eigenvalue weighted by atomic mass is 10.2. The van der Waals surface area contributed by atoms with E-state index in [1.807, 2.05) is 12.1 Å². The zero-order valence-corrected chi connectivity index (χ0v) is 11.0. The molecule has 0 spiro atoms. The molecule has 0 aliphatic carbocycles. The maximum absolute atomic E-state index is 13.6. The molecule has 1 aromatic carbocycles. The quantitative estimate of drug-likeness (QED) is 0.875. The van der Waals surface area contributed by atoms with Gasteiger partial charge in [-0.05, 0) is 39.7 Å². The van der Waals surface area contributed by atoms with Crippen LogP contribution in [0.15, 0.2) is 41.1 Å². The SMILES string of the molecule is Fc1ccc(Br)c(F)c1CNCc1cccnc1. The third kappa shape index (κ3) is 3.11. The number of benzene rings is 1. The lowest BCUT2D eigenvalue weighted by Gasteiger charge is -2.08. The Morgan fingerprint density at radius 2 is 2.00 bits per heavy atom. The Morgan fingerprint density at radius 3 is 2.72 bits per heavy atom. The molecular formula is C13H11BrF2N2. The lowest BCUT2D eigenvalue weighted by molar-refractivity contribution is 0.531. The highest BCUT2D eigenvalue weighted by Crippen LogP contribution is 2.21. The van der Waals surface area contributed by atoms with E-state index in [2.05, 4.69) is 26.2 Å². The Kier molecular flexibility index (Phi) is 4.38. The van der Waals surface area contributed by atoms with Gasteiger partial charge in [0.2, 0.25) is 0 Å². The molecule has 0 amide bonds. The zero-order chi connectivity index (χ0) is 13.0. The minimum Gasteiger partial charge on any atom is -0.308 e. The van der Waals surface area contributed by atoms with Gasteiger partial charge in [0.15, 0.2) is 0 Å². The Balaban J connectivity index is 2.01. The molecule has 94 valence electrons. The van der Waals surface area contributed by atoms with Gasteiger partial charge in [-0.3, -0.25) is 4.98 Å². The molecule has 0 aliphatic rings. The van der Waals surface area contributed by atoms with Crippen LogP contribution in [0.25, 0.3) is 0 Å². The fourth-order valence-electron chi connectivity index (χ4n) is 1.57. The van der Waals surface area contributed by atoms with Gasteiger partial charge in [-0.15, -0.1) is 0 Å². The molecule has 0 aliphatic heterocycles. The number of pyridine rings is 1. The fourth-order valence-corrected chi connectivity index (χ4v) is 1.94. The summed E-state index contributed by atoms with van der Waals surface area (Å²) in [5, 5.41) is 2.99. The first kappa shape index (κ1) is 13.1. The number of halogens is 3. The van der Waals surface area contributed by atoms with E-state index in [1.165, 1.54) is 12.1 Å². The van der Waals surface area contributed by atoms with Crippen molar-refractivity contribution in [2.45, 2.75) is 13.1 Å². The second kappa shape index (κ2) is 6.02. The van der Waals surface area contributed by atoms with Crippen LogP contribution in [-0.4, -0.2) is 4.98 Å². The summed E-state index contributed by atoms with van der Waals surface area (Å²) in [5.41, 5.74) is 1.00. The van der Waals surface area contributed by atoms with Gasteiger partial charge in [0, 0.05) is 31.0 Å². The smallest absolute Gasteiger partial charge is 0.144 e. The summed E-state index contributed by atoms with van der Waals surface area (Å²) < 4.78 is 27.4. The second-order valence-corrected chi connectivity index (χ2v) is 4.64. The molecule has 0 saturated heterocycles. The highest BCUT2D eigenvalue weighted by Gasteiger charge is 2.11. The summed E-state index contributed by atoms with van der Waals surface area (Å²) in [4.78, 5) is 3.96. The Labute approximate surface area is 112 Å². The third-order valence-corrected chi connectivity index (χ3v) is 3.11. The molecule has 0 unspecified atom stereocenters. The first-order valence-corrected chi connectivity index (χ1v) is 6.20. The van der Waals surface area contributed by atoms with Crippen molar-refractivity contribution < 1.29 is 8.78 Å². The molecule has 5 heteroatoms. The maximum Gasteiger partial charge on any atom is 0.144 e. The first-order valence-electron chi connectivity index (χ1n) is 5.40. The highest BCUT2D eigenvalue weighted by molar-refractivity contribution is 9.10.